The van der Waals surface area contributed by atoms with Crippen molar-refractivity contribution in [2.75, 3.05) is 19.6 Å². The lowest BCUT2D eigenvalue weighted by molar-refractivity contribution is -0.124. The topological polar surface area (TPSA) is 61.4 Å². The normalized spacial score (nSPS) is 22.5. The predicted molar refractivity (Wildman–Crippen MR) is 55.4 cm³/mol. The Morgan fingerprint density at radius 3 is 2.67 bits per heavy atom. The molecule has 0 aromatic heterocycles. The first kappa shape index (κ1) is 10.4. The average Bonchev–Trinajstić information content (AvgIpc) is 2.82. The molecule has 2 aliphatic rings. The average molecular weight is 211 g/mol. The summed E-state index contributed by atoms with van der Waals surface area (Å²) in [4.78, 5) is 23.7. The van der Waals surface area contributed by atoms with Gasteiger partial charge in [-0.25, -0.2) is 4.79 Å². The van der Waals surface area contributed by atoms with E-state index in [2.05, 4.69) is 10.6 Å². The van der Waals surface area contributed by atoms with Gasteiger partial charge in [0.25, 0.3) is 0 Å². The van der Waals surface area contributed by atoms with Gasteiger partial charge in [0, 0.05) is 19.1 Å². The fourth-order valence-electron chi connectivity index (χ4n) is 2.19. The molecule has 84 valence electrons. The van der Waals surface area contributed by atoms with E-state index >= 15 is 0 Å². The molecule has 0 bridgehead atoms. The van der Waals surface area contributed by atoms with Gasteiger partial charge in [-0.1, -0.05) is 12.8 Å². The van der Waals surface area contributed by atoms with E-state index in [0.717, 1.165) is 0 Å². The lowest BCUT2D eigenvalue weighted by atomic mass is 10.2. The maximum Gasteiger partial charge on any atom is 0.324 e. The van der Waals surface area contributed by atoms with Crippen molar-refractivity contribution in [2.24, 2.45) is 0 Å². The molecule has 0 atom stereocenters. The Morgan fingerprint density at radius 1 is 1.33 bits per heavy atom. The van der Waals surface area contributed by atoms with Crippen LogP contribution in [0.15, 0.2) is 0 Å². The highest BCUT2D eigenvalue weighted by molar-refractivity contribution is 6.01. The van der Waals surface area contributed by atoms with E-state index in [1.165, 1.54) is 30.6 Å². The van der Waals surface area contributed by atoms with Crippen molar-refractivity contribution >= 4 is 11.9 Å². The van der Waals surface area contributed by atoms with Gasteiger partial charge < -0.3 is 10.6 Å². The highest BCUT2D eigenvalue weighted by Gasteiger charge is 2.27. The van der Waals surface area contributed by atoms with Crippen LogP contribution < -0.4 is 10.6 Å². The Hall–Kier alpha value is -1.10. The molecule has 5 nitrogen and oxygen atoms in total. The maximum absolute atomic E-state index is 11.2. The lowest BCUT2D eigenvalue weighted by Gasteiger charge is -2.15. The van der Waals surface area contributed by atoms with Gasteiger partial charge in [0.05, 0.1) is 6.54 Å². The van der Waals surface area contributed by atoms with Gasteiger partial charge in [-0.05, 0) is 12.8 Å². The summed E-state index contributed by atoms with van der Waals surface area (Å²) >= 11 is 0. The van der Waals surface area contributed by atoms with Crippen LogP contribution in [0.2, 0.25) is 0 Å². The number of rotatable bonds is 4. The van der Waals surface area contributed by atoms with E-state index in [0.29, 0.717) is 19.1 Å². The molecule has 1 aliphatic carbocycles. The second kappa shape index (κ2) is 4.61. The van der Waals surface area contributed by atoms with Gasteiger partial charge in [-0.15, -0.1) is 0 Å². The Kier molecular flexibility index (Phi) is 3.20. The third kappa shape index (κ3) is 2.47. The summed E-state index contributed by atoms with van der Waals surface area (Å²) in [6.07, 6.45) is 5.03. The van der Waals surface area contributed by atoms with E-state index < -0.39 is 0 Å². The van der Waals surface area contributed by atoms with Crippen LogP contribution in [-0.2, 0) is 4.79 Å². The number of nitrogens with zero attached hydrogens (tertiary/aromatic N) is 1. The minimum Gasteiger partial charge on any atom is -0.329 e. The highest BCUT2D eigenvalue weighted by Crippen LogP contribution is 2.17. The first-order valence-corrected chi connectivity index (χ1v) is 5.59. The van der Waals surface area contributed by atoms with Crippen molar-refractivity contribution in [3.63, 3.8) is 0 Å². The maximum atomic E-state index is 11.2. The predicted octanol–water partition coefficient (Wildman–Crippen LogP) is 0.0704. The monoisotopic (exact) mass is 211 g/mol. The summed E-state index contributed by atoms with van der Waals surface area (Å²) in [5, 5.41) is 5.88. The van der Waals surface area contributed by atoms with Crippen LogP contribution in [0.5, 0.6) is 0 Å². The van der Waals surface area contributed by atoms with E-state index in [4.69, 9.17) is 0 Å². The fourth-order valence-corrected chi connectivity index (χ4v) is 2.19. The molecule has 0 aromatic carbocycles. The van der Waals surface area contributed by atoms with Gasteiger partial charge in [0.15, 0.2) is 0 Å². The lowest BCUT2D eigenvalue weighted by Crippen LogP contribution is -2.39. The third-order valence-corrected chi connectivity index (χ3v) is 3.06. The number of hydrogen-bond acceptors (Lipinski definition) is 3. The van der Waals surface area contributed by atoms with Crippen molar-refractivity contribution in [3.05, 3.63) is 0 Å². The molecule has 0 aromatic rings. The van der Waals surface area contributed by atoms with Crippen LogP contribution in [0.1, 0.15) is 25.7 Å². The van der Waals surface area contributed by atoms with Crippen molar-refractivity contribution in [1.29, 1.82) is 0 Å². The summed E-state index contributed by atoms with van der Waals surface area (Å²) in [5.41, 5.74) is 0. The number of urea groups is 1. The molecule has 2 rings (SSSR count). The van der Waals surface area contributed by atoms with E-state index in [-0.39, 0.29) is 18.5 Å². The summed E-state index contributed by atoms with van der Waals surface area (Å²) < 4.78 is 0. The van der Waals surface area contributed by atoms with Crippen LogP contribution >= 0.6 is 0 Å². The minimum absolute atomic E-state index is 0.117. The summed E-state index contributed by atoms with van der Waals surface area (Å²) in [6.45, 7) is 1.35. The molecule has 1 saturated carbocycles. The first-order chi connectivity index (χ1) is 7.27. The zero-order chi connectivity index (χ0) is 10.7. The Bertz CT molecular complexity index is 245. The van der Waals surface area contributed by atoms with Crippen LogP contribution in [0.25, 0.3) is 0 Å². The third-order valence-electron chi connectivity index (χ3n) is 3.06. The molecule has 2 fully saturated rings. The molecule has 2 N–H and O–H groups in total. The standard InChI is InChI=1S/C10H17N3O2/c14-9-7-12-10(15)13(9)6-5-11-8-3-1-2-4-8/h8,11H,1-7H2,(H,12,15). The molecule has 3 amide bonds. The number of hydrogen-bond donors (Lipinski definition) is 2. The SMILES string of the molecule is O=C1CNC(=O)N1CCNC1CCCC1. The summed E-state index contributed by atoms with van der Waals surface area (Å²) in [5.74, 6) is -0.117. The molecule has 5 heteroatoms. The van der Waals surface area contributed by atoms with Gasteiger partial charge in [-0.3, -0.25) is 9.69 Å². The van der Waals surface area contributed by atoms with Crippen LogP contribution in [0.3, 0.4) is 0 Å². The zero-order valence-corrected chi connectivity index (χ0v) is 8.79. The molecule has 1 heterocycles. The van der Waals surface area contributed by atoms with Crippen molar-refractivity contribution in [1.82, 2.24) is 15.5 Å². The number of imide groups is 1. The quantitative estimate of drug-likeness (QED) is 0.647. The Balaban J connectivity index is 1.68. The van der Waals surface area contributed by atoms with Gasteiger partial charge in [0.2, 0.25) is 5.91 Å². The van der Waals surface area contributed by atoms with Crippen molar-refractivity contribution in [3.8, 4) is 0 Å². The molecular weight excluding hydrogens is 194 g/mol. The molecule has 0 radical (unpaired) electrons. The van der Waals surface area contributed by atoms with Gasteiger partial charge in [0.1, 0.15) is 0 Å². The Morgan fingerprint density at radius 2 is 2.07 bits per heavy atom. The zero-order valence-electron chi connectivity index (χ0n) is 8.79. The molecule has 0 unspecified atom stereocenters. The smallest absolute Gasteiger partial charge is 0.324 e. The Labute approximate surface area is 89.2 Å². The number of amides is 3. The van der Waals surface area contributed by atoms with Crippen molar-refractivity contribution in [2.45, 2.75) is 31.7 Å². The fraction of sp³-hybridized carbons (Fsp3) is 0.800. The largest absolute Gasteiger partial charge is 0.329 e. The molecular formula is C10H17N3O2. The van der Waals surface area contributed by atoms with E-state index in [9.17, 15) is 9.59 Å². The second-order valence-electron chi connectivity index (χ2n) is 4.14. The van der Waals surface area contributed by atoms with Crippen LogP contribution in [-0.4, -0.2) is 42.5 Å². The minimum atomic E-state index is -0.256. The number of carbonyl (C=O) groups is 2. The van der Waals surface area contributed by atoms with Gasteiger partial charge >= 0.3 is 6.03 Å². The number of nitrogens with one attached hydrogen (secondary N) is 2. The van der Waals surface area contributed by atoms with Crippen LogP contribution in [0.4, 0.5) is 4.79 Å². The summed E-state index contributed by atoms with van der Waals surface area (Å²) in [7, 11) is 0. The molecule has 15 heavy (non-hydrogen) atoms. The number of carbonyl (C=O) groups excluding carboxylic acids is 2. The second-order valence-corrected chi connectivity index (χ2v) is 4.14. The highest BCUT2D eigenvalue weighted by atomic mass is 16.2. The molecule has 0 spiro atoms. The first-order valence-electron chi connectivity index (χ1n) is 5.59. The van der Waals surface area contributed by atoms with E-state index in [1.54, 1.807) is 0 Å². The van der Waals surface area contributed by atoms with Gasteiger partial charge in [-0.2, -0.15) is 0 Å². The van der Waals surface area contributed by atoms with E-state index in [1.807, 2.05) is 0 Å². The van der Waals surface area contributed by atoms with Crippen LogP contribution in [0, 0.1) is 0 Å². The molecule has 1 saturated heterocycles. The van der Waals surface area contributed by atoms with Crippen molar-refractivity contribution < 1.29 is 9.59 Å². The summed E-state index contributed by atoms with van der Waals surface area (Å²) in [6, 6.07) is 0.332. The molecule has 1 aliphatic heterocycles.